The summed E-state index contributed by atoms with van der Waals surface area (Å²) in [6, 6.07) is -5.49. The number of carbonyl (C=O) groups excluding carboxylic acids is 3. The number of carbonyl (C=O) groups is 3. The highest BCUT2D eigenvalue weighted by Gasteiger charge is 2.59. The summed E-state index contributed by atoms with van der Waals surface area (Å²) < 4.78 is 113. The van der Waals surface area contributed by atoms with E-state index in [1.807, 2.05) is 0 Å². The van der Waals surface area contributed by atoms with Crippen LogP contribution in [-0.2, 0) is 90.5 Å². The Kier molecular flexibility index (Phi) is 26.8. The second-order valence-corrected chi connectivity index (χ2v) is 23.4. The van der Waals surface area contributed by atoms with Crippen molar-refractivity contribution in [1.29, 1.82) is 0 Å². The summed E-state index contributed by atoms with van der Waals surface area (Å²) in [5, 5.41) is 214. The summed E-state index contributed by atoms with van der Waals surface area (Å²) in [4.78, 5) is 37.5. The zero-order valence-electron chi connectivity index (χ0n) is 48.3. The fourth-order valence-corrected chi connectivity index (χ4v) is 11.5. The van der Waals surface area contributed by atoms with Crippen LogP contribution in [0.25, 0.3) is 0 Å². The molecule has 43 heteroatoms. The largest absolute Gasteiger partial charge is 0.397 e. The number of aliphatic hydroxyl groups is 19. The monoisotopic (exact) mass is 1360 g/mol. The molecule has 0 radical (unpaired) electrons. The minimum absolute atomic E-state index is 0.760. The van der Waals surface area contributed by atoms with Gasteiger partial charge in [-0.15, -0.1) is 0 Å². The maximum atomic E-state index is 12.8. The zero-order valence-corrected chi connectivity index (χ0v) is 49.1. The van der Waals surface area contributed by atoms with Crippen molar-refractivity contribution in [3.63, 3.8) is 0 Å². The molecule has 7 fully saturated rings. The maximum absolute atomic E-state index is 12.8. The third kappa shape index (κ3) is 17.4. The lowest BCUT2D eigenvalue weighted by Gasteiger charge is -2.51. The average molecular weight is 1360 g/mol. The van der Waals surface area contributed by atoms with Gasteiger partial charge in [0.05, 0.1) is 46.2 Å². The normalized spacial score (nSPS) is 47.5. The zero-order chi connectivity index (χ0) is 67.4. The molecule has 7 aliphatic rings. The van der Waals surface area contributed by atoms with Crippen molar-refractivity contribution < 1.29 is 190 Å². The summed E-state index contributed by atoms with van der Waals surface area (Å²) >= 11 is 0. The van der Waals surface area contributed by atoms with Gasteiger partial charge in [0.2, 0.25) is 17.7 Å². The number of rotatable bonds is 24. The van der Waals surface area contributed by atoms with E-state index in [1.54, 1.807) is 0 Å². The summed E-state index contributed by atoms with van der Waals surface area (Å²) in [5.41, 5.74) is 0. The molecule has 91 heavy (non-hydrogen) atoms. The first kappa shape index (κ1) is 75.4. The fourth-order valence-electron chi connectivity index (χ4n) is 11.2. The van der Waals surface area contributed by atoms with E-state index in [1.165, 1.54) is 0 Å². The van der Waals surface area contributed by atoms with Crippen LogP contribution in [0.2, 0.25) is 0 Å². The molecular formula is C48H81N3O39S. The van der Waals surface area contributed by atoms with Crippen LogP contribution in [0.5, 0.6) is 0 Å². The van der Waals surface area contributed by atoms with Crippen molar-refractivity contribution in [2.75, 3.05) is 46.2 Å². The predicted molar refractivity (Wildman–Crippen MR) is 277 cm³/mol. The van der Waals surface area contributed by atoms with E-state index in [0.29, 0.717) is 0 Å². The third-order valence-electron chi connectivity index (χ3n) is 15.9. The second kappa shape index (κ2) is 32.4. The Hall–Kier alpha value is -3.00. The molecule has 0 aromatic rings. The standard InChI is InChI=1S/C48H81N3O39S/c1-11(57)49-21-28(64)37(17(7-55)79-42(21)73)86-43-22(50-12(2)58)29(65)38(18(8-56)83-43)87-47-36(72)40(27(63)19(84-47)9-77-45-34(70)31(67)24(60)14(4-52)80-45)89-48-41(33(69)26(62)16(6-54)82-48)90-44-23(51-13(3)59)30(66)39(20(85-44)10-78-91(74,75)76)88-46-35(71)32(68)25(61)15(5-53)81-46/h14-48,52-56,60-73H,4-10H2,1-3H3,(H,49,57)(H,50,58)(H,51,59)(H,74,75,76)/t14-,15-,16-,17-,18-,19-,20-,21-,22-,23-,24-,25+,26-,27-,28-,29-,30-,31+,32+,33+,34+,35-,36+,37-,38-,39-,40+,41+,42?,43+,44+,45+,46+,47+,48-/m1/s1. The minimum Gasteiger partial charge on any atom is -0.394 e. The first-order valence-corrected chi connectivity index (χ1v) is 29.6. The lowest BCUT2D eigenvalue weighted by atomic mass is 9.93. The van der Waals surface area contributed by atoms with Gasteiger partial charge < -0.3 is 175 Å². The Balaban J connectivity index is 1.22. The summed E-state index contributed by atoms with van der Waals surface area (Å²) in [7, 11) is -5.42. The number of ether oxygens (including phenoxy) is 13. The van der Waals surface area contributed by atoms with Crippen molar-refractivity contribution in [2.45, 2.75) is 236 Å². The maximum Gasteiger partial charge on any atom is 0.397 e. The van der Waals surface area contributed by atoms with Crippen LogP contribution in [0.3, 0.4) is 0 Å². The molecule has 7 saturated heterocycles. The molecule has 7 aliphatic heterocycles. The first-order valence-electron chi connectivity index (χ1n) is 28.3. The second-order valence-electron chi connectivity index (χ2n) is 22.3. The Bertz CT molecular complexity index is 2450. The Morgan fingerprint density at radius 2 is 0.692 bits per heavy atom. The Morgan fingerprint density at radius 1 is 0.341 bits per heavy atom. The molecule has 7 rings (SSSR count). The molecule has 1 unspecified atom stereocenters. The molecule has 0 aromatic heterocycles. The number of amides is 3. The average Bonchev–Trinajstić information content (AvgIpc) is 0.952. The molecule has 0 aliphatic carbocycles. The van der Waals surface area contributed by atoms with Gasteiger partial charge in [-0.3, -0.25) is 18.9 Å². The van der Waals surface area contributed by atoms with Crippen LogP contribution >= 0.6 is 0 Å². The fraction of sp³-hybridized carbons (Fsp3) is 0.938. The molecule has 42 nitrogen and oxygen atoms in total. The van der Waals surface area contributed by atoms with Gasteiger partial charge in [-0.25, -0.2) is 4.18 Å². The molecule has 7 heterocycles. The van der Waals surface area contributed by atoms with E-state index in [-0.39, 0.29) is 0 Å². The number of hydrogen-bond acceptors (Lipinski definition) is 38. The van der Waals surface area contributed by atoms with E-state index >= 15 is 0 Å². The number of hydrogen-bond donors (Lipinski definition) is 23. The summed E-state index contributed by atoms with van der Waals surface area (Å²) in [5.74, 6) is -2.66. The molecule has 0 bridgehead atoms. The van der Waals surface area contributed by atoms with Crippen LogP contribution in [0, 0.1) is 0 Å². The van der Waals surface area contributed by atoms with Crippen LogP contribution < -0.4 is 16.0 Å². The van der Waals surface area contributed by atoms with Crippen molar-refractivity contribution in [3.05, 3.63) is 0 Å². The number of aliphatic hydroxyl groups excluding tert-OH is 19. The minimum atomic E-state index is -5.42. The van der Waals surface area contributed by atoms with E-state index in [9.17, 15) is 124 Å². The smallest absolute Gasteiger partial charge is 0.394 e. The van der Waals surface area contributed by atoms with Crippen molar-refractivity contribution >= 4 is 28.1 Å². The van der Waals surface area contributed by atoms with E-state index in [2.05, 4.69) is 20.1 Å². The molecule has 0 aromatic carbocycles. The van der Waals surface area contributed by atoms with Crippen LogP contribution in [-0.4, -0.2) is 389 Å². The van der Waals surface area contributed by atoms with Crippen LogP contribution in [0.1, 0.15) is 20.8 Å². The van der Waals surface area contributed by atoms with Gasteiger partial charge in [0.15, 0.2) is 44.0 Å². The predicted octanol–water partition coefficient (Wildman–Crippen LogP) is -16.0. The van der Waals surface area contributed by atoms with Crippen LogP contribution in [0.4, 0.5) is 0 Å². The highest BCUT2D eigenvalue weighted by atomic mass is 32.3. The van der Waals surface area contributed by atoms with Crippen molar-refractivity contribution in [3.8, 4) is 0 Å². The van der Waals surface area contributed by atoms with Gasteiger partial charge in [-0.05, 0) is 0 Å². The molecule has 35 atom stereocenters. The van der Waals surface area contributed by atoms with Gasteiger partial charge >= 0.3 is 10.4 Å². The Labute approximate surface area is 515 Å². The summed E-state index contributed by atoms with van der Waals surface area (Å²) in [6.07, 6.45) is -66.4. The van der Waals surface area contributed by atoms with Gasteiger partial charge in [0, 0.05) is 20.8 Å². The van der Waals surface area contributed by atoms with E-state index < -0.39 is 289 Å². The topological polar surface area (TPSA) is 655 Å². The van der Waals surface area contributed by atoms with Crippen LogP contribution in [0.15, 0.2) is 0 Å². The molecule has 0 spiro atoms. The lowest BCUT2D eigenvalue weighted by Crippen LogP contribution is -2.71. The van der Waals surface area contributed by atoms with Gasteiger partial charge in [0.25, 0.3) is 0 Å². The molecule has 0 saturated carbocycles. The van der Waals surface area contributed by atoms with Crippen molar-refractivity contribution in [2.24, 2.45) is 0 Å². The molecule has 528 valence electrons. The SMILES string of the molecule is CC(=O)N[C@H]1[C@H](O[C@H]2[C@H](O)[C@@H](NC(C)=O)C(O)O[C@@H]2CO)O[C@H](CO)[C@@H](O[C@@H]2O[C@H](CO[C@H]3O[C@H](CO)[C@@H](O)[C@H](O)[C@@H]3O)[C@@H](O)[C@H](O[C@H]3O[C@H](CO)[C@@H](O)[C@H](O)[C@@H]3O[C@@H]3O[C@H](COS(=O)(=O)O)[C@@H](O[C@@H]4O[C@H](CO)[C@H](O)[C@H](O)[C@H]4O)[C@H](O)[C@H]3NC(C)=O)[C@@H]2O)[C@@H]1O. The number of nitrogens with one attached hydrogen (secondary N) is 3. The van der Waals surface area contributed by atoms with E-state index in [0.717, 1.165) is 20.8 Å². The first-order chi connectivity index (χ1) is 42.8. The van der Waals surface area contributed by atoms with Gasteiger partial charge in [-0.2, -0.15) is 8.42 Å². The highest BCUT2D eigenvalue weighted by Crippen LogP contribution is 2.38. The molecule has 23 N–H and O–H groups in total. The Morgan fingerprint density at radius 3 is 1.18 bits per heavy atom. The van der Waals surface area contributed by atoms with Gasteiger partial charge in [-0.1, -0.05) is 0 Å². The molecule has 3 amide bonds. The molecular weight excluding hydrogens is 1270 g/mol. The van der Waals surface area contributed by atoms with Gasteiger partial charge in [0.1, 0.15) is 171 Å². The summed E-state index contributed by atoms with van der Waals surface area (Å²) in [6.45, 7) is -4.70. The van der Waals surface area contributed by atoms with E-state index in [4.69, 9.17) is 61.6 Å². The quantitative estimate of drug-likeness (QED) is 0.0399. The highest BCUT2D eigenvalue weighted by molar-refractivity contribution is 7.80. The van der Waals surface area contributed by atoms with Crippen molar-refractivity contribution in [1.82, 2.24) is 16.0 Å². The lowest BCUT2D eigenvalue weighted by molar-refractivity contribution is -0.397. The third-order valence-corrected chi connectivity index (χ3v) is 16.4.